The Balaban J connectivity index is 1.49. The van der Waals surface area contributed by atoms with Gasteiger partial charge in [-0.25, -0.2) is 9.98 Å². The Morgan fingerprint density at radius 2 is 2.00 bits per heavy atom. The number of nitrogens with one attached hydrogen (secondary N) is 1. The summed E-state index contributed by atoms with van der Waals surface area (Å²) in [6, 6.07) is 11.9. The van der Waals surface area contributed by atoms with Gasteiger partial charge in [0.2, 0.25) is 0 Å². The summed E-state index contributed by atoms with van der Waals surface area (Å²) >= 11 is 0. The number of rotatable bonds is 3. The lowest BCUT2D eigenvalue weighted by molar-refractivity contribution is 0.297. The van der Waals surface area contributed by atoms with Gasteiger partial charge in [-0.1, -0.05) is 6.07 Å². The monoisotopic (exact) mass is 365 g/mol. The van der Waals surface area contributed by atoms with E-state index < -0.39 is 0 Å². The maximum absolute atomic E-state index is 6.06. The van der Waals surface area contributed by atoms with Crippen LogP contribution in [-0.2, 0) is 13.6 Å². The number of imidazole rings is 1. The number of ether oxygens (including phenoxy) is 2. The fourth-order valence-electron chi connectivity index (χ4n) is 3.09. The fraction of sp³-hybridized carbons (Fsp3) is 0.300. The zero-order valence-electron chi connectivity index (χ0n) is 15.5. The van der Waals surface area contributed by atoms with Gasteiger partial charge in [0.15, 0.2) is 17.5 Å². The lowest BCUT2D eigenvalue weighted by atomic mass is 10.2. The van der Waals surface area contributed by atoms with Crippen molar-refractivity contribution in [2.45, 2.75) is 19.9 Å². The maximum atomic E-state index is 6.06. The first-order chi connectivity index (χ1) is 13.1. The van der Waals surface area contributed by atoms with Gasteiger partial charge < -0.3 is 25.1 Å². The molecule has 1 aromatic heterocycles. The van der Waals surface area contributed by atoms with Crippen LogP contribution < -0.4 is 20.5 Å². The first kappa shape index (κ1) is 17.2. The van der Waals surface area contributed by atoms with Crippen molar-refractivity contribution >= 4 is 22.7 Å². The molecule has 7 nitrogen and oxygen atoms in total. The van der Waals surface area contributed by atoms with Gasteiger partial charge in [-0.3, -0.25) is 0 Å². The SMILES string of the molecule is Cc1ccc2c(c1)nc(CN=C(N)Nc1ccc3c(c1)OCCCO3)n2C. The van der Waals surface area contributed by atoms with Crippen molar-refractivity contribution in [2.75, 3.05) is 18.5 Å². The number of aliphatic imine (C=N–C) groups is 1. The Morgan fingerprint density at radius 1 is 1.19 bits per heavy atom. The van der Waals surface area contributed by atoms with Gasteiger partial charge in [-0.05, 0) is 36.8 Å². The molecule has 0 bridgehead atoms. The van der Waals surface area contributed by atoms with Crippen LogP contribution >= 0.6 is 0 Å². The molecule has 0 unspecified atom stereocenters. The summed E-state index contributed by atoms with van der Waals surface area (Å²) in [6.07, 6.45) is 0.874. The lowest BCUT2D eigenvalue weighted by Gasteiger charge is -2.10. The van der Waals surface area contributed by atoms with Crippen molar-refractivity contribution in [3.63, 3.8) is 0 Å². The second-order valence-corrected chi connectivity index (χ2v) is 6.62. The number of guanidine groups is 1. The highest BCUT2D eigenvalue weighted by Gasteiger charge is 2.11. The molecule has 1 aliphatic heterocycles. The number of hydrogen-bond acceptors (Lipinski definition) is 4. The quantitative estimate of drug-likeness (QED) is 0.550. The fourth-order valence-corrected chi connectivity index (χ4v) is 3.09. The molecule has 0 fully saturated rings. The van der Waals surface area contributed by atoms with E-state index in [9.17, 15) is 0 Å². The number of aryl methyl sites for hydroxylation is 2. The molecule has 140 valence electrons. The zero-order chi connectivity index (χ0) is 18.8. The van der Waals surface area contributed by atoms with Gasteiger partial charge in [0.25, 0.3) is 0 Å². The Hall–Kier alpha value is -3.22. The van der Waals surface area contributed by atoms with Crippen LogP contribution in [0.2, 0.25) is 0 Å². The predicted octanol–water partition coefficient (Wildman–Crippen LogP) is 2.97. The van der Waals surface area contributed by atoms with E-state index in [0.717, 1.165) is 40.5 Å². The molecule has 3 N–H and O–H groups in total. The van der Waals surface area contributed by atoms with E-state index in [0.29, 0.717) is 25.7 Å². The normalized spacial score (nSPS) is 14.2. The number of nitrogens with two attached hydrogens (primary N) is 1. The standard InChI is InChI=1S/C20H23N5O2/c1-13-4-6-16-15(10-13)24-19(25(16)2)12-22-20(21)23-14-5-7-17-18(11-14)27-9-3-8-26-17/h4-7,10-11H,3,8-9,12H2,1-2H3,(H3,21,22,23). The van der Waals surface area contributed by atoms with Crippen LogP contribution in [-0.4, -0.2) is 28.7 Å². The van der Waals surface area contributed by atoms with Crippen LogP contribution in [0.25, 0.3) is 11.0 Å². The minimum atomic E-state index is 0.327. The van der Waals surface area contributed by atoms with Crippen molar-refractivity contribution in [2.24, 2.45) is 17.8 Å². The molecule has 4 rings (SSSR count). The number of benzene rings is 2. The third-order valence-electron chi connectivity index (χ3n) is 4.54. The summed E-state index contributed by atoms with van der Waals surface area (Å²) < 4.78 is 13.4. The zero-order valence-corrected chi connectivity index (χ0v) is 15.5. The minimum Gasteiger partial charge on any atom is -0.490 e. The van der Waals surface area contributed by atoms with Gasteiger partial charge in [0, 0.05) is 25.2 Å². The molecular formula is C20H23N5O2. The largest absolute Gasteiger partial charge is 0.490 e. The van der Waals surface area contributed by atoms with E-state index in [2.05, 4.69) is 40.4 Å². The van der Waals surface area contributed by atoms with E-state index in [1.807, 2.05) is 29.8 Å². The Morgan fingerprint density at radius 3 is 2.85 bits per heavy atom. The van der Waals surface area contributed by atoms with Crippen LogP contribution in [0.5, 0.6) is 11.5 Å². The van der Waals surface area contributed by atoms with E-state index in [1.165, 1.54) is 5.56 Å². The Bertz CT molecular complexity index is 1010. The van der Waals surface area contributed by atoms with Crippen LogP contribution in [0.1, 0.15) is 17.8 Å². The van der Waals surface area contributed by atoms with E-state index in [1.54, 1.807) is 0 Å². The van der Waals surface area contributed by atoms with Crippen LogP contribution in [0.15, 0.2) is 41.4 Å². The second-order valence-electron chi connectivity index (χ2n) is 6.62. The summed E-state index contributed by atoms with van der Waals surface area (Å²) in [5.74, 6) is 2.66. The van der Waals surface area contributed by atoms with Crippen molar-refractivity contribution < 1.29 is 9.47 Å². The van der Waals surface area contributed by atoms with Crippen LogP contribution in [0, 0.1) is 6.92 Å². The Kier molecular flexibility index (Phi) is 4.58. The molecule has 0 saturated heterocycles. The van der Waals surface area contributed by atoms with Gasteiger partial charge in [0.05, 0.1) is 24.2 Å². The molecule has 3 aromatic rings. The van der Waals surface area contributed by atoms with Crippen molar-refractivity contribution in [3.05, 3.63) is 47.8 Å². The van der Waals surface area contributed by atoms with E-state index >= 15 is 0 Å². The number of aromatic nitrogens is 2. The second kappa shape index (κ2) is 7.19. The van der Waals surface area contributed by atoms with Gasteiger partial charge in [-0.2, -0.15) is 0 Å². The number of hydrogen-bond donors (Lipinski definition) is 2. The van der Waals surface area contributed by atoms with Gasteiger partial charge in [-0.15, -0.1) is 0 Å². The molecular weight excluding hydrogens is 342 g/mol. The summed E-state index contributed by atoms with van der Waals surface area (Å²) in [5.41, 5.74) is 10.1. The van der Waals surface area contributed by atoms with Crippen molar-refractivity contribution in [1.29, 1.82) is 0 Å². The predicted molar refractivity (Wildman–Crippen MR) is 106 cm³/mol. The molecule has 0 aliphatic carbocycles. The third-order valence-corrected chi connectivity index (χ3v) is 4.54. The first-order valence-corrected chi connectivity index (χ1v) is 8.99. The maximum Gasteiger partial charge on any atom is 0.193 e. The molecule has 27 heavy (non-hydrogen) atoms. The first-order valence-electron chi connectivity index (χ1n) is 8.99. The molecule has 0 radical (unpaired) electrons. The van der Waals surface area contributed by atoms with Crippen LogP contribution in [0.3, 0.4) is 0 Å². The summed E-state index contributed by atoms with van der Waals surface area (Å²) in [5, 5.41) is 3.10. The molecule has 0 atom stereocenters. The molecule has 2 aromatic carbocycles. The highest BCUT2D eigenvalue weighted by Crippen LogP contribution is 2.32. The number of fused-ring (bicyclic) bond motifs is 2. The number of nitrogens with zero attached hydrogens (tertiary/aromatic N) is 3. The van der Waals surface area contributed by atoms with E-state index in [4.69, 9.17) is 15.2 Å². The lowest BCUT2D eigenvalue weighted by Crippen LogP contribution is -2.22. The van der Waals surface area contributed by atoms with Gasteiger partial charge in [0.1, 0.15) is 12.4 Å². The van der Waals surface area contributed by atoms with E-state index in [-0.39, 0.29) is 0 Å². The van der Waals surface area contributed by atoms with Crippen LogP contribution in [0.4, 0.5) is 5.69 Å². The molecule has 2 heterocycles. The molecule has 0 saturated carbocycles. The summed E-state index contributed by atoms with van der Waals surface area (Å²) in [6.45, 7) is 3.77. The van der Waals surface area contributed by atoms with Gasteiger partial charge >= 0.3 is 0 Å². The smallest absolute Gasteiger partial charge is 0.193 e. The molecule has 0 spiro atoms. The average Bonchev–Trinajstić information content (AvgIpc) is 2.81. The third kappa shape index (κ3) is 3.67. The molecule has 0 amide bonds. The van der Waals surface area contributed by atoms with Crippen molar-refractivity contribution in [3.8, 4) is 11.5 Å². The Labute approximate surface area is 157 Å². The topological polar surface area (TPSA) is 86.7 Å². The minimum absolute atomic E-state index is 0.327. The number of anilines is 1. The highest BCUT2D eigenvalue weighted by atomic mass is 16.5. The molecule has 1 aliphatic rings. The van der Waals surface area contributed by atoms with Crippen molar-refractivity contribution in [1.82, 2.24) is 9.55 Å². The highest BCUT2D eigenvalue weighted by molar-refractivity contribution is 5.92. The average molecular weight is 365 g/mol. The summed E-state index contributed by atoms with van der Waals surface area (Å²) in [7, 11) is 1.99. The summed E-state index contributed by atoms with van der Waals surface area (Å²) in [4.78, 5) is 9.08. The molecule has 7 heteroatoms.